The van der Waals surface area contributed by atoms with Gasteiger partial charge in [-0.3, -0.25) is 18.7 Å². The van der Waals surface area contributed by atoms with Gasteiger partial charge < -0.3 is 32.7 Å². The van der Waals surface area contributed by atoms with Gasteiger partial charge in [0.2, 0.25) is 5.91 Å². The Bertz CT molecular complexity index is 1380. The zero-order valence-electron chi connectivity index (χ0n) is 31.1. The molecule has 1 amide bonds. The summed E-state index contributed by atoms with van der Waals surface area (Å²) >= 11 is 0. The summed E-state index contributed by atoms with van der Waals surface area (Å²) in [6, 6.07) is 1.51. The first-order valence-corrected chi connectivity index (χ1v) is 24.0. The first kappa shape index (κ1) is 42.2. The van der Waals surface area contributed by atoms with Crippen LogP contribution in [0.4, 0.5) is 5.82 Å². The van der Waals surface area contributed by atoms with E-state index in [-0.39, 0.29) is 41.4 Å². The lowest BCUT2D eigenvalue weighted by Gasteiger charge is -2.44. The molecule has 0 radical (unpaired) electrons. The van der Waals surface area contributed by atoms with Crippen LogP contribution in [0.3, 0.4) is 0 Å². The molecule has 0 spiro atoms. The molecule has 1 fully saturated rings. The summed E-state index contributed by atoms with van der Waals surface area (Å²) in [5, 5.41) is 2.09. The Balaban J connectivity index is 2.76. The van der Waals surface area contributed by atoms with Gasteiger partial charge in [-0.2, -0.15) is 4.98 Å². The van der Waals surface area contributed by atoms with Crippen molar-refractivity contribution in [3.8, 4) is 0 Å². The van der Waals surface area contributed by atoms with Crippen LogP contribution in [0.2, 0.25) is 36.3 Å². The van der Waals surface area contributed by atoms with Gasteiger partial charge in [-0.05, 0) is 56.2 Å². The average molecular weight is 732 g/mol. The molecule has 16 heteroatoms. The maximum absolute atomic E-state index is 13.5. The largest absolute Gasteiger partial charge is 0.459 e. The fourth-order valence-corrected chi connectivity index (χ4v) is 8.66. The Morgan fingerprint density at radius 1 is 1.04 bits per heavy atom. The van der Waals surface area contributed by atoms with Gasteiger partial charge in [0.15, 0.2) is 22.9 Å². The number of anilines is 1. The summed E-state index contributed by atoms with van der Waals surface area (Å²) in [5.41, 5.74) is -0.673. The van der Waals surface area contributed by atoms with Gasteiger partial charge in [0.25, 0.3) is 0 Å². The Labute approximate surface area is 288 Å². The summed E-state index contributed by atoms with van der Waals surface area (Å²) in [6.07, 6.45) is -1.87. The molecule has 13 nitrogen and oxygen atoms in total. The zero-order valence-corrected chi connectivity index (χ0v) is 34.0. The smallest absolute Gasteiger partial charge is 0.351 e. The van der Waals surface area contributed by atoms with E-state index in [2.05, 4.69) is 84.6 Å². The number of hydrogen-bond donors (Lipinski definition) is 1. The van der Waals surface area contributed by atoms with Crippen molar-refractivity contribution in [3.05, 3.63) is 35.4 Å². The van der Waals surface area contributed by atoms with Crippen LogP contribution in [0.15, 0.2) is 29.7 Å². The van der Waals surface area contributed by atoms with Crippen LogP contribution in [0.25, 0.3) is 0 Å². The number of carbonyl (C=O) groups is 2. The van der Waals surface area contributed by atoms with E-state index in [0.29, 0.717) is 0 Å². The van der Waals surface area contributed by atoms with E-state index in [1.54, 1.807) is 19.9 Å². The predicted molar refractivity (Wildman–Crippen MR) is 191 cm³/mol. The van der Waals surface area contributed by atoms with Crippen molar-refractivity contribution in [3.63, 3.8) is 0 Å². The quantitative estimate of drug-likeness (QED) is 0.0843. The lowest BCUT2D eigenvalue weighted by molar-refractivity contribution is -0.158. The van der Waals surface area contributed by atoms with Crippen LogP contribution in [0, 0.1) is 0 Å². The zero-order chi connectivity index (χ0) is 36.9. The molecule has 48 heavy (non-hydrogen) atoms. The van der Waals surface area contributed by atoms with Gasteiger partial charge in [-0.25, -0.2) is 4.79 Å². The second kappa shape index (κ2) is 16.4. The van der Waals surface area contributed by atoms with Crippen molar-refractivity contribution in [1.29, 1.82) is 0 Å². The standard InChI is InChI=1S/C32H58N3O10PSi2/c1-15-18-23(42-25(37)21-46(39,40-16-2)41-17-3)26-27(44-47(11,12)31(5,6)7)28(45-48(13,14)32(8,9)10)29(43-26)35-20-19-24(33-22(4)36)34-30(35)38/h15,19-20,23,26-29H,1,16-18,21H2,2-14H3,(H,33,34,36,38)/t23-,26+,27+,28+,29+/m0/s1. The molecule has 1 aromatic heterocycles. The molecular formula is C32H58N3O10PSi2. The third-order valence-electron chi connectivity index (χ3n) is 9.13. The van der Waals surface area contributed by atoms with Crippen LogP contribution in [-0.4, -0.2) is 81.9 Å². The van der Waals surface area contributed by atoms with Crippen molar-refractivity contribution in [2.24, 2.45) is 0 Å². The average Bonchev–Trinajstić information content (AvgIpc) is 3.23. The molecule has 1 aromatic rings. The molecule has 0 unspecified atom stereocenters. The maximum atomic E-state index is 13.5. The molecule has 274 valence electrons. The molecule has 2 heterocycles. The van der Waals surface area contributed by atoms with Crippen molar-refractivity contribution >= 4 is 41.9 Å². The fraction of sp³-hybridized carbons (Fsp3) is 0.750. The highest BCUT2D eigenvalue weighted by atomic mass is 31.2. The highest BCUT2D eigenvalue weighted by Crippen LogP contribution is 2.49. The Kier molecular flexibility index (Phi) is 14.4. The molecule has 0 bridgehead atoms. The van der Waals surface area contributed by atoms with Crippen LogP contribution in [0.5, 0.6) is 0 Å². The highest BCUT2D eigenvalue weighted by molar-refractivity contribution is 7.54. The van der Waals surface area contributed by atoms with Gasteiger partial charge in [-0.1, -0.05) is 47.6 Å². The van der Waals surface area contributed by atoms with Gasteiger partial charge in [0, 0.05) is 19.5 Å². The molecule has 1 aliphatic rings. The van der Waals surface area contributed by atoms with Gasteiger partial charge in [0.05, 0.1) is 13.2 Å². The second-order valence-electron chi connectivity index (χ2n) is 15.0. The van der Waals surface area contributed by atoms with Crippen molar-refractivity contribution in [2.75, 3.05) is 24.7 Å². The minimum absolute atomic E-state index is 0.0898. The van der Waals surface area contributed by atoms with Crippen molar-refractivity contribution in [1.82, 2.24) is 9.55 Å². The summed E-state index contributed by atoms with van der Waals surface area (Å²) in [5.74, 6) is -1.07. The summed E-state index contributed by atoms with van der Waals surface area (Å²) < 4.78 is 52.0. The monoisotopic (exact) mass is 731 g/mol. The van der Waals surface area contributed by atoms with Gasteiger partial charge in [0.1, 0.15) is 36.4 Å². The lowest BCUT2D eigenvalue weighted by atomic mass is 10.0. The van der Waals surface area contributed by atoms with E-state index in [4.69, 9.17) is 27.4 Å². The van der Waals surface area contributed by atoms with E-state index >= 15 is 0 Å². The minimum atomic E-state index is -3.76. The van der Waals surface area contributed by atoms with E-state index in [1.807, 2.05) is 0 Å². The number of aromatic nitrogens is 2. The number of rotatable bonds is 16. The molecule has 0 saturated carbocycles. The predicted octanol–water partition coefficient (Wildman–Crippen LogP) is 6.63. The van der Waals surface area contributed by atoms with E-state index in [1.165, 1.54) is 23.8 Å². The molecule has 1 N–H and O–H groups in total. The Hall–Kier alpha value is -1.98. The molecule has 5 atom stereocenters. The Morgan fingerprint density at radius 2 is 1.56 bits per heavy atom. The molecule has 1 aliphatic heterocycles. The number of nitrogens with one attached hydrogen (secondary N) is 1. The van der Waals surface area contributed by atoms with Crippen LogP contribution >= 0.6 is 7.60 Å². The molecule has 0 aromatic carbocycles. The van der Waals surface area contributed by atoms with E-state index in [0.717, 1.165) is 0 Å². The van der Waals surface area contributed by atoms with E-state index in [9.17, 15) is 18.9 Å². The molecule has 2 rings (SSSR count). The summed E-state index contributed by atoms with van der Waals surface area (Å²) in [7, 11) is -8.88. The summed E-state index contributed by atoms with van der Waals surface area (Å²) in [4.78, 5) is 42.6. The fourth-order valence-electron chi connectivity index (χ4n) is 4.64. The number of ether oxygens (including phenoxy) is 2. The minimum Gasteiger partial charge on any atom is -0.459 e. The number of nitrogens with zero attached hydrogens (tertiary/aromatic N) is 2. The van der Waals surface area contributed by atoms with Gasteiger partial charge >= 0.3 is 19.3 Å². The number of carbonyl (C=O) groups excluding carboxylic acids is 2. The maximum Gasteiger partial charge on any atom is 0.351 e. The third-order valence-corrected chi connectivity index (χ3v) is 20.0. The third kappa shape index (κ3) is 10.8. The first-order valence-electron chi connectivity index (χ1n) is 16.5. The van der Waals surface area contributed by atoms with Crippen LogP contribution < -0.4 is 11.0 Å². The Morgan fingerprint density at radius 3 is 2.00 bits per heavy atom. The van der Waals surface area contributed by atoms with Gasteiger partial charge in [-0.15, -0.1) is 6.58 Å². The normalized spacial score (nSPS) is 21.5. The second-order valence-corrected chi connectivity index (χ2v) is 26.6. The molecule has 0 aliphatic carbocycles. The lowest BCUT2D eigenvalue weighted by Crippen LogP contribution is -2.55. The molecule has 1 saturated heterocycles. The topological polar surface area (TPSA) is 154 Å². The first-order chi connectivity index (χ1) is 21.9. The summed E-state index contributed by atoms with van der Waals surface area (Å²) in [6.45, 7) is 29.8. The van der Waals surface area contributed by atoms with Crippen molar-refractivity contribution < 1.29 is 41.5 Å². The number of esters is 1. The number of amides is 1. The SMILES string of the molecule is C=CC[C@H](OC(=O)CP(=O)(OCC)OCC)[C@H]1O[C@@H](n2ccc(NC(C)=O)nc2=O)[C@H](O[Si](C)(C)C(C)(C)C)[C@@H]1O[Si](C)(C)C(C)(C)C. The van der Waals surface area contributed by atoms with Crippen molar-refractivity contribution in [2.45, 2.75) is 136 Å². The molecular weight excluding hydrogens is 674 g/mol. The van der Waals surface area contributed by atoms with Crippen LogP contribution in [-0.2, 0) is 41.5 Å². The number of hydrogen-bond acceptors (Lipinski definition) is 11. The van der Waals surface area contributed by atoms with E-state index < -0.39 is 72.7 Å². The van der Waals surface area contributed by atoms with Crippen LogP contribution in [0.1, 0.15) is 75.0 Å². The highest BCUT2D eigenvalue weighted by Gasteiger charge is 2.57.